The minimum absolute atomic E-state index is 0.227. The Morgan fingerprint density at radius 1 is 1.24 bits per heavy atom. The largest absolute Gasteiger partial charge is 0.434 e. The lowest BCUT2D eigenvalue weighted by Crippen LogP contribution is -2.14. The van der Waals surface area contributed by atoms with Crippen molar-refractivity contribution in [1.82, 2.24) is 4.98 Å². The lowest BCUT2D eigenvalue weighted by Gasteiger charge is -2.11. The summed E-state index contributed by atoms with van der Waals surface area (Å²) < 4.78 is 38.2. The van der Waals surface area contributed by atoms with Crippen molar-refractivity contribution >= 4 is 16.7 Å². The SMILES string of the molecule is CC(=O)c1cc2ccccc2nc1C(F)(F)F. The van der Waals surface area contributed by atoms with Gasteiger partial charge in [-0.15, -0.1) is 0 Å². The summed E-state index contributed by atoms with van der Waals surface area (Å²) >= 11 is 0. The third kappa shape index (κ3) is 2.13. The molecular weight excluding hydrogens is 231 g/mol. The zero-order valence-corrected chi connectivity index (χ0v) is 8.88. The number of para-hydroxylation sites is 1. The molecule has 0 amide bonds. The Balaban J connectivity index is 2.80. The van der Waals surface area contributed by atoms with E-state index in [1.165, 1.54) is 12.1 Å². The first-order chi connectivity index (χ1) is 7.89. The number of aromatic nitrogens is 1. The highest BCUT2D eigenvalue weighted by Crippen LogP contribution is 2.32. The number of alkyl halides is 3. The average molecular weight is 239 g/mol. The maximum atomic E-state index is 12.7. The second-order valence-corrected chi connectivity index (χ2v) is 3.63. The summed E-state index contributed by atoms with van der Waals surface area (Å²) in [6.45, 7) is 1.10. The number of ketones is 1. The third-order valence-corrected chi connectivity index (χ3v) is 2.37. The Labute approximate surface area is 95.1 Å². The van der Waals surface area contributed by atoms with Crippen molar-refractivity contribution in [2.45, 2.75) is 13.1 Å². The van der Waals surface area contributed by atoms with E-state index in [9.17, 15) is 18.0 Å². The molecule has 5 heteroatoms. The molecular formula is C12H8F3NO. The number of benzene rings is 1. The van der Waals surface area contributed by atoms with Crippen LogP contribution in [0.4, 0.5) is 13.2 Å². The van der Waals surface area contributed by atoms with Crippen LogP contribution in [-0.2, 0) is 6.18 Å². The average Bonchev–Trinajstić information content (AvgIpc) is 2.26. The van der Waals surface area contributed by atoms with Crippen LogP contribution in [0.1, 0.15) is 23.0 Å². The van der Waals surface area contributed by atoms with Crippen molar-refractivity contribution in [3.05, 3.63) is 41.6 Å². The van der Waals surface area contributed by atoms with E-state index >= 15 is 0 Å². The van der Waals surface area contributed by atoms with Crippen molar-refractivity contribution in [2.75, 3.05) is 0 Å². The number of rotatable bonds is 1. The van der Waals surface area contributed by atoms with Crippen LogP contribution in [0.2, 0.25) is 0 Å². The Kier molecular flexibility index (Phi) is 2.61. The van der Waals surface area contributed by atoms with Crippen molar-refractivity contribution in [1.29, 1.82) is 0 Å². The summed E-state index contributed by atoms with van der Waals surface area (Å²) in [5, 5.41) is 0.519. The van der Waals surface area contributed by atoms with Crippen LogP contribution >= 0.6 is 0 Å². The molecule has 0 saturated carbocycles. The van der Waals surface area contributed by atoms with E-state index in [1.807, 2.05) is 0 Å². The molecule has 0 fully saturated rings. The first-order valence-electron chi connectivity index (χ1n) is 4.87. The zero-order valence-electron chi connectivity index (χ0n) is 8.88. The van der Waals surface area contributed by atoms with Gasteiger partial charge in [0, 0.05) is 10.9 Å². The molecule has 88 valence electrons. The molecule has 1 aromatic carbocycles. The minimum atomic E-state index is -4.62. The normalized spacial score (nSPS) is 11.8. The van der Waals surface area contributed by atoms with Crippen LogP contribution in [0, 0.1) is 0 Å². The van der Waals surface area contributed by atoms with E-state index in [0.717, 1.165) is 6.92 Å². The molecule has 2 rings (SSSR count). The van der Waals surface area contributed by atoms with E-state index < -0.39 is 23.2 Å². The smallest absolute Gasteiger partial charge is 0.294 e. The Hall–Kier alpha value is -1.91. The predicted octanol–water partition coefficient (Wildman–Crippen LogP) is 3.46. The standard InChI is InChI=1S/C12H8F3NO/c1-7(17)9-6-8-4-2-3-5-10(8)16-11(9)12(13,14)15/h2-6H,1H3. The zero-order chi connectivity index (χ0) is 12.6. The number of carbonyl (C=O) groups is 1. The van der Waals surface area contributed by atoms with Gasteiger partial charge in [-0.2, -0.15) is 13.2 Å². The molecule has 0 aliphatic heterocycles. The van der Waals surface area contributed by atoms with Gasteiger partial charge in [0.2, 0.25) is 0 Å². The van der Waals surface area contributed by atoms with E-state index in [1.54, 1.807) is 18.2 Å². The van der Waals surface area contributed by atoms with Gasteiger partial charge in [-0.05, 0) is 19.1 Å². The van der Waals surface area contributed by atoms with Gasteiger partial charge in [0.05, 0.1) is 5.52 Å². The maximum Gasteiger partial charge on any atom is 0.434 e. The number of carbonyl (C=O) groups excluding carboxylic acids is 1. The number of nitrogens with zero attached hydrogens (tertiary/aromatic N) is 1. The van der Waals surface area contributed by atoms with Crippen LogP contribution < -0.4 is 0 Å². The van der Waals surface area contributed by atoms with Crippen LogP contribution in [0.5, 0.6) is 0 Å². The quantitative estimate of drug-likeness (QED) is 0.713. The fourth-order valence-electron chi connectivity index (χ4n) is 1.60. The number of halogens is 3. The first kappa shape index (κ1) is 11.6. The Morgan fingerprint density at radius 3 is 2.47 bits per heavy atom. The van der Waals surface area contributed by atoms with Gasteiger partial charge in [0.25, 0.3) is 0 Å². The first-order valence-corrected chi connectivity index (χ1v) is 4.87. The Bertz CT molecular complexity index is 590. The van der Waals surface area contributed by atoms with Crippen LogP contribution in [0.15, 0.2) is 30.3 Å². The van der Waals surface area contributed by atoms with Gasteiger partial charge in [-0.25, -0.2) is 4.98 Å². The van der Waals surface area contributed by atoms with Crippen LogP contribution in [0.25, 0.3) is 10.9 Å². The molecule has 0 N–H and O–H groups in total. The third-order valence-electron chi connectivity index (χ3n) is 2.37. The van der Waals surface area contributed by atoms with Crippen molar-refractivity contribution in [3.63, 3.8) is 0 Å². The lowest BCUT2D eigenvalue weighted by atomic mass is 10.1. The maximum absolute atomic E-state index is 12.7. The summed E-state index contributed by atoms with van der Waals surface area (Å²) in [4.78, 5) is 14.7. The monoisotopic (exact) mass is 239 g/mol. The van der Waals surface area contributed by atoms with Crippen molar-refractivity contribution in [3.8, 4) is 0 Å². The summed E-state index contributed by atoms with van der Waals surface area (Å²) in [5.74, 6) is -0.643. The molecule has 0 saturated heterocycles. The van der Waals surface area contributed by atoms with E-state index in [0.29, 0.717) is 5.39 Å². The molecule has 2 aromatic rings. The topological polar surface area (TPSA) is 30.0 Å². The number of hydrogen-bond acceptors (Lipinski definition) is 2. The molecule has 1 heterocycles. The van der Waals surface area contributed by atoms with E-state index in [4.69, 9.17) is 0 Å². The molecule has 0 atom stereocenters. The van der Waals surface area contributed by atoms with Crippen molar-refractivity contribution in [2.24, 2.45) is 0 Å². The predicted molar refractivity (Wildman–Crippen MR) is 56.7 cm³/mol. The molecule has 0 bridgehead atoms. The Morgan fingerprint density at radius 2 is 1.88 bits per heavy atom. The van der Waals surface area contributed by atoms with Gasteiger partial charge in [0.1, 0.15) is 0 Å². The van der Waals surface area contributed by atoms with Crippen molar-refractivity contribution < 1.29 is 18.0 Å². The molecule has 0 aliphatic carbocycles. The summed E-state index contributed by atoms with van der Waals surface area (Å²) in [5.41, 5.74) is -1.29. The second kappa shape index (κ2) is 3.84. The van der Waals surface area contributed by atoms with E-state index in [-0.39, 0.29) is 5.52 Å². The van der Waals surface area contributed by atoms with E-state index in [2.05, 4.69) is 4.98 Å². The molecule has 2 nitrogen and oxygen atoms in total. The fourth-order valence-corrected chi connectivity index (χ4v) is 1.60. The molecule has 0 unspecified atom stereocenters. The highest BCUT2D eigenvalue weighted by atomic mass is 19.4. The summed E-state index contributed by atoms with van der Waals surface area (Å²) in [7, 11) is 0. The number of Topliss-reactive ketones (excluding diaryl/α,β-unsaturated/α-hetero) is 1. The van der Waals surface area contributed by atoms with Gasteiger partial charge >= 0.3 is 6.18 Å². The highest BCUT2D eigenvalue weighted by molar-refractivity contribution is 5.98. The second-order valence-electron chi connectivity index (χ2n) is 3.63. The summed E-state index contributed by atoms with van der Waals surface area (Å²) in [6, 6.07) is 7.61. The fraction of sp³-hybridized carbons (Fsp3) is 0.167. The van der Waals surface area contributed by atoms with Gasteiger partial charge < -0.3 is 0 Å². The molecule has 17 heavy (non-hydrogen) atoms. The number of fused-ring (bicyclic) bond motifs is 1. The van der Waals surface area contributed by atoms with Crippen LogP contribution in [0.3, 0.4) is 0 Å². The molecule has 0 spiro atoms. The van der Waals surface area contributed by atoms with Gasteiger partial charge in [-0.1, -0.05) is 18.2 Å². The lowest BCUT2D eigenvalue weighted by molar-refractivity contribution is -0.141. The number of hydrogen-bond donors (Lipinski definition) is 0. The highest BCUT2D eigenvalue weighted by Gasteiger charge is 2.36. The van der Waals surface area contributed by atoms with Gasteiger partial charge in [-0.3, -0.25) is 4.79 Å². The molecule has 0 radical (unpaired) electrons. The summed E-state index contributed by atoms with van der Waals surface area (Å²) in [6.07, 6.45) is -4.62. The van der Waals surface area contributed by atoms with Crippen LogP contribution in [-0.4, -0.2) is 10.8 Å². The molecule has 0 aliphatic rings. The molecule has 1 aromatic heterocycles. The number of pyridine rings is 1. The minimum Gasteiger partial charge on any atom is -0.294 e. The van der Waals surface area contributed by atoms with Gasteiger partial charge in [0.15, 0.2) is 11.5 Å².